The first-order valence-corrected chi connectivity index (χ1v) is 7.73. The van der Waals surface area contributed by atoms with E-state index in [4.69, 9.17) is 0 Å². The van der Waals surface area contributed by atoms with Gasteiger partial charge >= 0.3 is 5.97 Å². The molecule has 106 valence electrons. The minimum Gasteiger partial charge on any atom is -0.481 e. The molecule has 1 atom stereocenters. The molecule has 1 heterocycles. The molecule has 0 saturated heterocycles. The maximum absolute atomic E-state index is 11.3. The van der Waals surface area contributed by atoms with Crippen LogP contribution in [0.3, 0.4) is 0 Å². The fourth-order valence-electron chi connectivity index (χ4n) is 2.02. The van der Waals surface area contributed by atoms with E-state index in [1.54, 1.807) is 6.92 Å². The molecule has 1 N–H and O–H groups in total. The van der Waals surface area contributed by atoms with E-state index in [1.807, 2.05) is 30.3 Å². The van der Waals surface area contributed by atoms with E-state index in [9.17, 15) is 9.90 Å². The standard InChI is InChI=1S/C16H19NO2S/c1-3-4-10-13-17-14(12-8-6-5-7-9-12)15(20-13)11(2)16(18)19/h5-9,11H,3-4,10H2,1-2H3,(H,18,19). The van der Waals surface area contributed by atoms with Crippen LogP contribution in [0.2, 0.25) is 0 Å². The number of hydrogen-bond acceptors (Lipinski definition) is 3. The summed E-state index contributed by atoms with van der Waals surface area (Å²) in [4.78, 5) is 16.8. The molecule has 0 spiro atoms. The zero-order valence-electron chi connectivity index (χ0n) is 11.8. The van der Waals surface area contributed by atoms with Crippen molar-refractivity contribution in [2.45, 2.75) is 39.0 Å². The maximum Gasteiger partial charge on any atom is 0.311 e. The van der Waals surface area contributed by atoms with Crippen LogP contribution in [-0.2, 0) is 11.2 Å². The smallest absolute Gasteiger partial charge is 0.311 e. The summed E-state index contributed by atoms with van der Waals surface area (Å²) in [5.74, 6) is -1.31. The molecule has 0 fully saturated rings. The lowest BCUT2D eigenvalue weighted by molar-refractivity contribution is -0.138. The summed E-state index contributed by atoms with van der Waals surface area (Å²) in [5, 5.41) is 10.3. The molecule has 1 aromatic heterocycles. The van der Waals surface area contributed by atoms with Gasteiger partial charge in [-0.15, -0.1) is 11.3 Å². The average molecular weight is 289 g/mol. The van der Waals surface area contributed by atoms with Crippen LogP contribution >= 0.6 is 11.3 Å². The first kappa shape index (κ1) is 14.7. The van der Waals surface area contributed by atoms with Crippen LogP contribution in [0.25, 0.3) is 11.3 Å². The van der Waals surface area contributed by atoms with Crippen molar-refractivity contribution < 1.29 is 9.90 Å². The highest BCUT2D eigenvalue weighted by molar-refractivity contribution is 7.12. The van der Waals surface area contributed by atoms with Crippen molar-refractivity contribution in [1.82, 2.24) is 4.98 Å². The van der Waals surface area contributed by atoms with Gasteiger partial charge in [0.1, 0.15) is 0 Å². The second-order valence-corrected chi connectivity index (χ2v) is 5.97. The number of rotatable bonds is 6. The van der Waals surface area contributed by atoms with Gasteiger partial charge in [-0.05, 0) is 19.8 Å². The van der Waals surface area contributed by atoms with Crippen molar-refractivity contribution in [2.75, 3.05) is 0 Å². The van der Waals surface area contributed by atoms with Crippen molar-refractivity contribution in [3.63, 3.8) is 0 Å². The van der Waals surface area contributed by atoms with Gasteiger partial charge in [0.15, 0.2) is 0 Å². The van der Waals surface area contributed by atoms with E-state index < -0.39 is 11.9 Å². The third kappa shape index (κ3) is 3.25. The number of carboxylic acid groups (broad SMARTS) is 1. The van der Waals surface area contributed by atoms with E-state index in [0.717, 1.165) is 40.4 Å². The predicted octanol–water partition coefficient (Wildman–Crippen LogP) is 4.34. The summed E-state index contributed by atoms with van der Waals surface area (Å²) in [6, 6.07) is 9.83. The number of hydrogen-bond donors (Lipinski definition) is 1. The second kappa shape index (κ2) is 6.66. The molecule has 0 saturated carbocycles. The lowest BCUT2D eigenvalue weighted by Gasteiger charge is -2.06. The number of aliphatic carboxylic acids is 1. The number of benzene rings is 1. The van der Waals surface area contributed by atoms with Gasteiger partial charge in [-0.2, -0.15) is 0 Å². The highest BCUT2D eigenvalue weighted by Gasteiger charge is 2.22. The summed E-state index contributed by atoms with van der Waals surface area (Å²) in [6.45, 7) is 3.87. The van der Waals surface area contributed by atoms with E-state index in [-0.39, 0.29) is 0 Å². The summed E-state index contributed by atoms with van der Waals surface area (Å²) in [6.07, 6.45) is 3.13. The van der Waals surface area contributed by atoms with Gasteiger partial charge in [0.05, 0.1) is 16.6 Å². The predicted molar refractivity (Wildman–Crippen MR) is 82.2 cm³/mol. The Morgan fingerprint density at radius 1 is 1.35 bits per heavy atom. The maximum atomic E-state index is 11.3. The normalized spacial score (nSPS) is 12.3. The molecule has 4 heteroatoms. The molecule has 1 unspecified atom stereocenters. The molecule has 3 nitrogen and oxygen atoms in total. The van der Waals surface area contributed by atoms with Crippen molar-refractivity contribution in [2.24, 2.45) is 0 Å². The lowest BCUT2D eigenvalue weighted by Crippen LogP contribution is -2.06. The summed E-state index contributed by atoms with van der Waals surface area (Å²) in [7, 11) is 0. The number of thiazole rings is 1. The van der Waals surface area contributed by atoms with Crippen LogP contribution in [0.4, 0.5) is 0 Å². The average Bonchev–Trinajstić information content (AvgIpc) is 2.89. The summed E-state index contributed by atoms with van der Waals surface area (Å²) < 4.78 is 0. The number of aryl methyl sites for hydroxylation is 1. The van der Waals surface area contributed by atoms with Crippen molar-refractivity contribution in [3.05, 3.63) is 40.2 Å². The van der Waals surface area contributed by atoms with E-state index >= 15 is 0 Å². The third-order valence-electron chi connectivity index (χ3n) is 3.25. The molecule has 0 aliphatic rings. The summed E-state index contributed by atoms with van der Waals surface area (Å²) in [5.41, 5.74) is 1.83. The van der Waals surface area contributed by atoms with Crippen LogP contribution in [0, 0.1) is 0 Å². The molecule has 20 heavy (non-hydrogen) atoms. The molecule has 0 aliphatic carbocycles. The van der Waals surface area contributed by atoms with Gasteiger partial charge in [-0.25, -0.2) is 4.98 Å². The molecular weight excluding hydrogens is 270 g/mol. The third-order valence-corrected chi connectivity index (χ3v) is 4.55. The number of aromatic nitrogens is 1. The van der Waals surface area contributed by atoms with Crippen LogP contribution < -0.4 is 0 Å². The number of carbonyl (C=O) groups is 1. The highest BCUT2D eigenvalue weighted by atomic mass is 32.1. The molecule has 2 aromatic rings. The van der Waals surface area contributed by atoms with Gasteiger partial charge in [-0.1, -0.05) is 43.7 Å². The van der Waals surface area contributed by atoms with Gasteiger partial charge in [0.2, 0.25) is 0 Å². The van der Waals surface area contributed by atoms with Gasteiger partial charge in [0.25, 0.3) is 0 Å². The van der Waals surface area contributed by atoms with Crippen LogP contribution in [0.1, 0.15) is 42.5 Å². The van der Waals surface area contributed by atoms with Gasteiger partial charge in [-0.3, -0.25) is 4.79 Å². The van der Waals surface area contributed by atoms with Gasteiger partial charge in [0, 0.05) is 10.4 Å². The van der Waals surface area contributed by atoms with Crippen LogP contribution in [0.5, 0.6) is 0 Å². The number of carboxylic acids is 1. The van der Waals surface area contributed by atoms with E-state index in [2.05, 4.69) is 11.9 Å². The van der Waals surface area contributed by atoms with Crippen molar-refractivity contribution >= 4 is 17.3 Å². The quantitative estimate of drug-likeness (QED) is 0.860. The minimum atomic E-state index is -0.798. The minimum absolute atomic E-state index is 0.516. The fourth-order valence-corrected chi connectivity index (χ4v) is 3.20. The topological polar surface area (TPSA) is 50.2 Å². The molecule has 0 aliphatic heterocycles. The monoisotopic (exact) mass is 289 g/mol. The first-order chi connectivity index (χ1) is 9.63. The zero-order chi connectivity index (χ0) is 14.5. The summed E-state index contributed by atoms with van der Waals surface area (Å²) >= 11 is 1.54. The van der Waals surface area contributed by atoms with Crippen LogP contribution in [-0.4, -0.2) is 16.1 Å². The van der Waals surface area contributed by atoms with Crippen LogP contribution in [0.15, 0.2) is 30.3 Å². The lowest BCUT2D eigenvalue weighted by atomic mass is 10.0. The van der Waals surface area contributed by atoms with Crippen molar-refractivity contribution in [3.8, 4) is 11.3 Å². The Bertz CT molecular complexity index is 577. The first-order valence-electron chi connectivity index (χ1n) is 6.91. The molecule has 2 rings (SSSR count). The molecule has 1 aromatic carbocycles. The Balaban J connectivity index is 2.42. The molecule has 0 radical (unpaired) electrons. The van der Waals surface area contributed by atoms with Crippen molar-refractivity contribution in [1.29, 1.82) is 0 Å². The Morgan fingerprint density at radius 2 is 2.05 bits per heavy atom. The van der Waals surface area contributed by atoms with E-state index in [1.165, 1.54) is 11.3 Å². The molecule has 0 amide bonds. The second-order valence-electron chi connectivity index (χ2n) is 4.85. The number of nitrogens with zero attached hydrogens (tertiary/aromatic N) is 1. The Morgan fingerprint density at radius 3 is 2.65 bits per heavy atom. The SMILES string of the molecule is CCCCc1nc(-c2ccccc2)c(C(C)C(=O)O)s1. The highest BCUT2D eigenvalue weighted by Crippen LogP contribution is 2.34. The molecule has 0 bridgehead atoms. The Kier molecular flexibility index (Phi) is 4.90. The number of unbranched alkanes of at least 4 members (excludes halogenated alkanes) is 1. The Hall–Kier alpha value is -1.68. The molecular formula is C16H19NO2S. The fraction of sp³-hybridized carbons (Fsp3) is 0.375. The van der Waals surface area contributed by atoms with Gasteiger partial charge < -0.3 is 5.11 Å². The largest absolute Gasteiger partial charge is 0.481 e. The van der Waals surface area contributed by atoms with E-state index in [0.29, 0.717) is 0 Å². The zero-order valence-corrected chi connectivity index (χ0v) is 12.6. The Labute approximate surface area is 123 Å².